The molecule has 0 aromatic heterocycles. The van der Waals surface area contributed by atoms with Gasteiger partial charge in [-0.2, -0.15) is 0 Å². The summed E-state index contributed by atoms with van der Waals surface area (Å²) in [5.41, 5.74) is 0. The molecule has 0 heterocycles. The van der Waals surface area contributed by atoms with Crippen molar-refractivity contribution >= 4 is 5.78 Å². The number of rotatable bonds is 18. The molecule has 27 heavy (non-hydrogen) atoms. The van der Waals surface area contributed by atoms with E-state index < -0.39 is 6.10 Å². The van der Waals surface area contributed by atoms with E-state index in [0.717, 1.165) is 32.1 Å². The molecule has 0 radical (unpaired) electrons. The molecule has 0 rings (SSSR count). The molecular formula is C24H40O3. The summed E-state index contributed by atoms with van der Waals surface area (Å²) in [6.07, 6.45) is 27.9. The first-order valence-electron chi connectivity index (χ1n) is 10.6. The number of allylic oxidation sites excluding steroid dienone is 8. The minimum Gasteiger partial charge on any atom is -0.394 e. The van der Waals surface area contributed by atoms with Gasteiger partial charge in [-0.05, 0) is 51.4 Å². The van der Waals surface area contributed by atoms with E-state index in [-0.39, 0.29) is 12.4 Å². The van der Waals surface area contributed by atoms with Gasteiger partial charge in [0.25, 0.3) is 0 Å². The number of aliphatic hydroxyl groups is 2. The van der Waals surface area contributed by atoms with Crippen LogP contribution in [0.4, 0.5) is 0 Å². The summed E-state index contributed by atoms with van der Waals surface area (Å²) in [7, 11) is 0. The second kappa shape index (κ2) is 20.9. The number of hydrogen-bond acceptors (Lipinski definition) is 3. The summed E-state index contributed by atoms with van der Waals surface area (Å²) >= 11 is 0. The second-order valence-electron chi connectivity index (χ2n) is 6.89. The van der Waals surface area contributed by atoms with Crippen molar-refractivity contribution in [3.63, 3.8) is 0 Å². The maximum absolute atomic E-state index is 11.6. The lowest BCUT2D eigenvalue weighted by molar-refractivity contribution is -0.119. The van der Waals surface area contributed by atoms with Crippen molar-refractivity contribution < 1.29 is 15.0 Å². The molecule has 0 unspecified atom stereocenters. The predicted molar refractivity (Wildman–Crippen MR) is 116 cm³/mol. The Morgan fingerprint density at radius 3 is 1.81 bits per heavy atom. The molecular weight excluding hydrogens is 336 g/mol. The van der Waals surface area contributed by atoms with Crippen molar-refractivity contribution in [3.8, 4) is 0 Å². The Morgan fingerprint density at radius 2 is 1.30 bits per heavy atom. The topological polar surface area (TPSA) is 57.5 Å². The lowest BCUT2D eigenvalue weighted by Crippen LogP contribution is -2.13. The number of hydrogen-bond donors (Lipinski definition) is 2. The summed E-state index contributed by atoms with van der Waals surface area (Å²) in [6.45, 7) is 1.96. The molecule has 0 aromatic carbocycles. The largest absolute Gasteiger partial charge is 0.394 e. The quantitative estimate of drug-likeness (QED) is 0.233. The van der Waals surface area contributed by atoms with E-state index in [1.165, 1.54) is 25.7 Å². The van der Waals surface area contributed by atoms with Crippen LogP contribution in [-0.2, 0) is 4.79 Å². The molecule has 0 aromatic rings. The molecule has 0 aliphatic rings. The van der Waals surface area contributed by atoms with Crippen molar-refractivity contribution in [1.29, 1.82) is 0 Å². The van der Waals surface area contributed by atoms with Crippen LogP contribution in [0.3, 0.4) is 0 Å². The van der Waals surface area contributed by atoms with Gasteiger partial charge < -0.3 is 10.2 Å². The van der Waals surface area contributed by atoms with Gasteiger partial charge in [0, 0.05) is 12.8 Å². The summed E-state index contributed by atoms with van der Waals surface area (Å²) < 4.78 is 0. The molecule has 2 N–H and O–H groups in total. The molecule has 0 fully saturated rings. The maximum Gasteiger partial charge on any atom is 0.133 e. The molecule has 0 aliphatic carbocycles. The van der Waals surface area contributed by atoms with Crippen molar-refractivity contribution in [3.05, 3.63) is 48.6 Å². The average Bonchev–Trinajstić information content (AvgIpc) is 2.68. The molecule has 0 bridgehead atoms. The maximum atomic E-state index is 11.6. The van der Waals surface area contributed by atoms with E-state index >= 15 is 0 Å². The molecule has 0 saturated carbocycles. The fourth-order valence-corrected chi connectivity index (χ4v) is 2.52. The molecule has 0 aliphatic heterocycles. The predicted octanol–water partition coefficient (Wildman–Crippen LogP) is 5.83. The molecule has 3 nitrogen and oxygen atoms in total. The van der Waals surface area contributed by atoms with Gasteiger partial charge >= 0.3 is 0 Å². The van der Waals surface area contributed by atoms with Crippen molar-refractivity contribution in [2.24, 2.45) is 0 Å². The Bertz CT molecular complexity index is 447. The number of carbonyl (C=O) groups excluding carboxylic acids is 1. The Hall–Kier alpha value is -1.45. The van der Waals surface area contributed by atoms with E-state index in [1.54, 1.807) is 0 Å². The van der Waals surface area contributed by atoms with E-state index in [2.05, 4.69) is 55.5 Å². The van der Waals surface area contributed by atoms with Gasteiger partial charge in [-0.25, -0.2) is 0 Å². The van der Waals surface area contributed by atoms with Gasteiger partial charge in [0.1, 0.15) is 5.78 Å². The molecule has 0 saturated heterocycles. The van der Waals surface area contributed by atoms with Gasteiger partial charge in [0.05, 0.1) is 12.7 Å². The van der Waals surface area contributed by atoms with E-state index in [9.17, 15) is 9.90 Å². The van der Waals surface area contributed by atoms with Gasteiger partial charge in [0.15, 0.2) is 0 Å². The Labute approximate surface area is 166 Å². The van der Waals surface area contributed by atoms with Crippen LogP contribution in [0.5, 0.6) is 0 Å². The first-order valence-corrected chi connectivity index (χ1v) is 10.6. The monoisotopic (exact) mass is 376 g/mol. The second-order valence-corrected chi connectivity index (χ2v) is 6.89. The zero-order valence-electron chi connectivity index (χ0n) is 17.2. The standard InChI is InChI=1S/C24H40O3/c1-2-3-4-5-6-7-8-9-10-11-12-13-14-15-16-17-18-19-23(26)20-21-24(27)22-25/h6-7,9-10,12-13,15-16,24-25,27H,2-5,8,11,14,17-22H2,1H3/b7-6-,10-9-,13-12-,16-15-/t24-/m0/s1. The minimum atomic E-state index is -0.762. The van der Waals surface area contributed by atoms with Crippen molar-refractivity contribution in [1.82, 2.24) is 0 Å². The van der Waals surface area contributed by atoms with E-state index in [1.807, 2.05) is 0 Å². The Kier molecular flexibility index (Phi) is 19.7. The fourth-order valence-electron chi connectivity index (χ4n) is 2.52. The molecule has 0 amide bonds. The third kappa shape index (κ3) is 20.7. The van der Waals surface area contributed by atoms with E-state index in [0.29, 0.717) is 19.3 Å². The van der Waals surface area contributed by atoms with Crippen molar-refractivity contribution in [2.45, 2.75) is 90.1 Å². The van der Waals surface area contributed by atoms with Crippen LogP contribution in [0, 0.1) is 0 Å². The summed E-state index contributed by atoms with van der Waals surface area (Å²) in [5.74, 6) is 0.165. The highest BCUT2D eigenvalue weighted by atomic mass is 16.3. The molecule has 0 spiro atoms. The Morgan fingerprint density at radius 1 is 0.778 bits per heavy atom. The Balaban J connectivity index is 3.49. The van der Waals surface area contributed by atoms with Gasteiger partial charge in [-0.15, -0.1) is 0 Å². The van der Waals surface area contributed by atoms with Crippen LogP contribution in [0.1, 0.15) is 84.0 Å². The lowest BCUT2D eigenvalue weighted by Gasteiger charge is -2.05. The van der Waals surface area contributed by atoms with Gasteiger partial charge in [-0.3, -0.25) is 4.79 Å². The average molecular weight is 377 g/mol. The molecule has 3 heteroatoms. The molecule has 154 valence electrons. The minimum absolute atomic E-state index is 0.165. The zero-order valence-corrected chi connectivity index (χ0v) is 17.2. The van der Waals surface area contributed by atoms with Crippen LogP contribution in [0.2, 0.25) is 0 Å². The summed E-state index contributed by atoms with van der Waals surface area (Å²) in [4.78, 5) is 11.6. The first kappa shape index (κ1) is 25.6. The van der Waals surface area contributed by atoms with Crippen LogP contribution in [0.15, 0.2) is 48.6 Å². The number of Topliss-reactive ketones (excluding diaryl/α,β-unsaturated/α-hetero) is 1. The number of ketones is 1. The highest BCUT2D eigenvalue weighted by Gasteiger charge is 2.06. The normalized spacial score (nSPS) is 13.6. The van der Waals surface area contributed by atoms with Crippen molar-refractivity contribution in [2.75, 3.05) is 6.61 Å². The van der Waals surface area contributed by atoms with Gasteiger partial charge in [0.2, 0.25) is 0 Å². The third-order valence-electron chi connectivity index (χ3n) is 4.25. The lowest BCUT2D eigenvalue weighted by atomic mass is 10.1. The highest BCUT2D eigenvalue weighted by Crippen LogP contribution is 2.05. The van der Waals surface area contributed by atoms with Gasteiger partial charge in [-0.1, -0.05) is 68.4 Å². The summed E-state index contributed by atoms with van der Waals surface area (Å²) in [5, 5.41) is 17.9. The number of aliphatic hydroxyl groups excluding tert-OH is 2. The van der Waals surface area contributed by atoms with Crippen LogP contribution < -0.4 is 0 Å². The first-order chi connectivity index (χ1) is 13.2. The smallest absolute Gasteiger partial charge is 0.133 e. The summed E-state index contributed by atoms with van der Waals surface area (Å²) in [6, 6.07) is 0. The third-order valence-corrected chi connectivity index (χ3v) is 4.25. The molecule has 1 atom stereocenters. The number of unbranched alkanes of at least 4 members (excludes halogenated alkanes) is 4. The van der Waals surface area contributed by atoms with Crippen LogP contribution in [0.25, 0.3) is 0 Å². The fraction of sp³-hybridized carbons (Fsp3) is 0.625. The SMILES string of the molecule is CCCCC/C=C\C/C=C\C/C=C\C/C=C\CCCC(=O)CC[C@H](O)CO. The van der Waals surface area contributed by atoms with E-state index in [4.69, 9.17) is 5.11 Å². The zero-order chi connectivity index (χ0) is 20.0. The van der Waals surface area contributed by atoms with Crippen LogP contribution in [-0.4, -0.2) is 28.7 Å². The number of carbonyl (C=O) groups is 1. The highest BCUT2D eigenvalue weighted by molar-refractivity contribution is 5.78. The van der Waals surface area contributed by atoms with Crippen LogP contribution >= 0.6 is 0 Å².